The van der Waals surface area contributed by atoms with Crippen molar-refractivity contribution >= 4 is 5.91 Å². The fourth-order valence-electron chi connectivity index (χ4n) is 3.20. The van der Waals surface area contributed by atoms with Crippen molar-refractivity contribution in [2.75, 3.05) is 14.2 Å². The maximum absolute atomic E-state index is 12.2. The van der Waals surface area contributed by atoms with Gasteiger partial charge in [-0.15, -0.1) is 0 Å². The van der Waals surface area contributed by atoms with Gasteiger partial charge in [0.1, 0.15) is 6.04 Å². The molecule has 0 unspecified atom stereocenters. The second kappa shape index (κ2) is 4.98. The number of carbonyl (C=O) groups excluding carboxylic acids is 1. The summed E-state index contributed by atoms with van der Waals surface area (Å²) >= 11 is 0. The first-order valence-corrected chi connectivity index (χ1v) is 6.99. The highest BCUT2D eigenvalue weighted by molar-refractivity contribution is 5.86. The van der Waals surface area contributed by atoms with Gasteiger partial charge in [-0.2, -0.15) is 0 Å². The van der Waals surface area contributed by atoms with Gasteiger partial charge in [-0.25, -0.2) is 0 Å². The highest BCUT2D eigenvalue weighted by atomic mass is 16.5. The van der Waals surface area contributed by atoms with Crippen LogP contribution in [-0.4, -0.2) is 25.8 Å². The third-order valence-electron chi connectivity index (χ3n) is 4.24. The third-order valence-corrected chi connectivity index (χ3v) is 4.24. The van der Waals surface area contributed by atoms with E-state index in [2.05, 4.69) is 10.6 Å². The molecular weight excluding hydrogens is 256 g/mol. The van der Waals surface area contributed by atoms with Gasteiger partial charge in [-0.05, 0) is 43.4 Å². The van der Waals surface area contributed by atoms with Gasteiger partial charge in [-0.3, -0.25) is 10.1 Å². The smallest absolute Gasteiger partial charge is 0.243 e. The van der Waals surface area contributed by atoms with Gasteiger partial charge in [-0.1, -0.05) is 6.07 Å². The van der Waals surface area contributed by atoms with Gasteiger partial charge in [0.05, 0.1) is 19.9 Å². The minimum Gasteiger partial charge on any atom is -0.493 e. The molecule has 0 bridgehead atoms. The first-order chi connectivity index (χ1) is 9.67. The molecule has 1 aromatic rings. The normalized spacial score (nSPS) is 23.9. The van der Waals surface area contributed by atoms with Crippen molar-refractivity contribution in [1.82, 2.24) is 10.6 Å². The lowest BCUT2D eigenvalue weighted by Gasteiger charge is -2.23. The second-order valence-corrected chi connectivity index (χ2v) is 5.47. The molecule has 1 saturated heterocycles. The molecule has 1 aromatic carbocycles. The van der Waals surface area contributed by atoms with Crippen molar-refractivity contribution in [3.05, 3.63) is 23.8 Å². The van der Waals surface area contributed by atoms with Crippen molar-refractivity contribution in [1.29, 1.82) is 0 Å². The van der Waals surface area contributed by atoms with Gasteiger partial charge >= 0.3 is 0 Å². The molecule has 1 amide bonds. The number of carbonyl (C=O) groups is 1. The maximum Gasteiger partial charge on any atom is 0.243 e. The summed E-state index contributed by atoms with van der Waals surface area (Å²) in [7, 11) is 3.20. The van der Waals surface area contributed by atoms with E-state index in [0.717, 1.165) is 31.2 Å². The van der Waals surface area contributed by atoms with E-state index in [1.54, 1.807) is 14.2 Å². The molecule has 3 rings (SSSR count). The van der Waals surface area contributed by atoms with E-state index in [4.69, 9.17) is 9.47 Å². The predicted octanol–water partition coefficient (Wildman–Crippen LogP) is 1.73. The van der Waals surface area contributed by atoms with Crippen molar-refractivity contribution in [2.45, 2.75) is 37.4 Å². The van der Waals surface area contributed by atoms with Crippen LogP contribution in [0.4, 0.5) is 0 Å². The van der Waals surface area contributed by atoms with Crippen LogP contribution >= 0.6 is 0 Å². The Hall–Kier alpha value is -1.75. The van der Waals surface area contributed by atoms with Crippen LogP contribution in [0.3, 0.4) is 0 Å². The number of rotatable bonds is 3. The number of hydrogen-bond acceptors (Lipinski definition) is 4. The van der Waals surface area contributed by atoms with E-state index in [0.29, 0.717) is 11.5 Å². The monoisotopic (exact) mass is 276 g/mol. The van der Waals surface area contributed by atoms with Crippen LogP contribution in [0.2, 0.25) is 0 Å². The average molecular weight is 276 g/mol. The lowest BCUT2D eigenvalue weighted by Crippen LogP contribution is -2.46. The number of hydrogen-bond donors (Lipinski definition) is 2. The zero-order valence-corrected chi connectivity index (χ0v) is 11.9. The van der Waals surface area contributed by atoms with Gasteiger partial charge in [0, 0.05) is 0 Å². The van der Waals surface area contributed by atoms with Crippen LogP contribution in [0.25, 0.3) is 0 Å². The lowest BCUT2D eigenvalue weighted by molar-refractivity contribution is -0.121. The van der Waals surface area contributed by atoms with E-state index in [-0.39, 0.29) is 17.6 Å². The Morgan fingerprint density at radius 3 is 2.50 bits per heavy atom. The summed E-state index contributed by atoms with van der Waals surface area (Å²) in [6.07, 6.45) is 4.32. The largest absolute Gasteiger partial charge is 0.493 e. The van der Waals surface area contributed by atoms with E-state index < -0.39 is 0 Å². The topological polar surface area (TPSA) is 59.6 Å². The molecule has 2 N–H and O–H groups in total. The molecule has 20 heavy (non-hydrogen) atoms. The molecule has 1 saturated carbocycles. The number of ether oxygens (including phenoxy) is 2. The predicted molar refractivity (Wildman–Crippen MR) is 74.8 cm³/mol. The first-order valence-electron chi connectivity index (χ1n) is 6.99. The van der Waals surface area contributed by atoms with Crippen LogP contribution in [0.1, 0.15) is 37.3 Å². The summed E-state index contributed by atoms with van der Waals surface area (Å²) in [5, 5.41) is 6.59. The number of methoxy groups -OCH3 is 2. The zero-order valence-electron chi connectivity index (χ0n) is 11.9. The SMILES string of the molecule is COc1ccc([C@H]2NC3(CCCC3)NC2=O)cc1OC. The lowest BCUT2D eigenvalue weighted by atomic mass is 10.1. The summed E-state index contributed by atoms with van der Waals surface area (Å²) in [4.78, 5) is 12.2. The Kier molecular flexibility index (Phi) is 3.30. The fourth-order valence-corrected chi connectivity index (χ4v) is 3.20. The number of nitrogens with one attached hydrogen (secondary N) is 2. The molecular formula is C15H20N2O3. The number of benzene rings is 1. The molecule has 1 heterocycles. The van der Waals surface area contributed by atoms with E-state index in [9.17, 15) is 4.79 Å². The van der Waals surface area contributed by atoms with Crippen molar-refractivity contribution in [2.24, 2.45) is 0 Å². The van der Waals surface area contributed by atoms with Crippen molar-refractivity contribution in [3.63, 3.8) is 0 Å². The summed E-state index contributed by atoms with van der Waals surface area (Å²) in [5.74, 6) is 1.36. The minimum absolute atomic E-state index is 0.0409. The average Bonchev–Trinajstić information content (AvgIpc) is 3.05. The molecule has 5 nitrogen and oxygen atoms in total. The van der Waals surface area contributed by atoms with Gasteiger partial charge in [0.15, 0.2) is 11.5 Å². The Morgan fingerprint density at radius 2 is 1.85 bits per heavy atom. The Morgan fingerprint density at radius 1 is 1.15 bits per heavy atom. The molecule has 1 atom stereocenters. The summed E-state index contributed by atoms with van der Waals surface area (Å²) < 4.78 is 10.5. The van der Waals surface area contributed by atoms with Crippen LogP contribution < -0.4 is 20.1 Å². The van der Waals surface area contributed by atoms with Crippen molar-refractivity contribution < 1.29 is 14.3 Å². The van der Waals surface area contributed by atoms with Gasteiger partial charge in [0.25, 0.3) is 0 Å². The highest BCUT2D eigenvalue weighted by Gasteiger charge is 2.45. The molecule has 5 heteroatoms. The fraction of sp³-hybridized carbons (Fsp3) is 0.533. The highest BCUT2D eigenvalue weighted by Crippen LogP contribution is 2.37. The van der Waals surface area contributed by atoms with Crippen molar-refractivity contribution in [3.8, 4) is 11.5 Å². The minimum atomic E-state index is -0.312. The first kappa shape index (κ1) is 13.2. The van der Waals surface area contributed by atoms with E-state index in [1.807, 2.05) is 18.2 Å². The standard InChI is InChI=1S/C15H20N2O3/c1-19-11-6-5-10(9-12(11)20-2)13-14(18)17-15(16-13)7-3-4-8-15/h5-6,9,13,16H,3-4,7-8H2,1-2H3,(H,17,18)/t13-/m1/s1. The summed E-state index contributed by atoms with van der Waals surface area (Å²) in [5.41, 5.74) is 0.707. The van der Waals surface area contributed by atoms with Crippen LogP contribution in [0.15, 0.2) is 18.2 Å². The second-order valence-electron chi connectivity index (χ2n) is 5.47. The third kappa shape index (κ3) is 2.12. The molecule has 1 aliphatic carbocycles. The summed E-state index contributed by atoms with van der Waals surface area (Å²) in [6.45, 7) is 0. The molecule has 0 aromatic heterocycles. The molecule has 1 aliphatic heterocycles. The Balaban J connectivity index is 1.87. The van der Waals surface area contributed by atoms with Crippen LogP contribution in [-0.2, 0) is 4.79 Å². The van der Waals surface area contributed by atoms with E-state index >= 15 is 0 Å². The Labute approximate surface area is 118 Å². The van der Waals surface area contributed by atoms with Crippen LogP contribution in [0.5, 0.6) is 11.5 Å². The van der Waals surface area contributed by atoms with Gasteiger partial charge in [0.2, 0.25) is 5.91 Å². The van der Waals surface area contributed by atoms with Crippen LogP contribution in [0, 0.1) is 0 Å². The maximum atomic E-state index is 12.2. The molecule has 108 valence electrons. The number of amides is 1. The summed E-state index contributed by atoms with van der Waals surface area (Å²) in [6, 6.07) is 5.30. The molecule has 1 spiro atoms. The molecule has 2 fully saturated rings. The van der Waals surface area contributed by atoms with Gasteiger partial charge < -0.3 is 14.8 Å². The zero-order chi connectivity index (χ0) is 14.2. The molecule has 2 aliphatic rings. The quantitative estimate of drug-likeness (QED) is 0.883. The van der Waals surface area contributed by atoms with E-state index in [1.165, 1.54) is 0 Å². The Bertz CT molecular complexity index is 524. The molecule has 0 radical (unpaired) electrons.